The topological polar surface area (TPSA) is 42.0 Å². The number of fused-ring (bicyclic) bond motifs is 1. The van der Waals surface area contributed by atoms with Gasteiger partial charge in [-0.3, -0.25) is 4.79 Å². The second-order valence-corrected chi connectivity index (χ2v) is 12.1. The molecule has 0 spiro atoms. The smallest absolute Gasteiger partial charge is 0.254 e. The van der Waals surface area contributed by atoms with Crippen molar-refractivity contribution in [1.29, 1.82) is 0 Å². The Morgan fingerprint density at radius 1 is 1.05 bits per heavy atom. The average molecular weight is 505 g/mol. The van der Waals surface area contributed by atoms with Gasteiger partial charge in [0.15, 0.2) is 0 Å². The summed E-state index contributed by atoms with van der Waals surface area (Å²) >= 11 is 0. The number of rotatable bonds is 9. The molecule has 1 heterocycles. The van der Waals surface area contributed by atoms with Gasteiger partial charge in [0, 0.05) is 43.8 Å². The minimum absolute atomic E-state index is 0.149. The van der Waals surface area contributed by atoms with Gasteiger partial charge in [-0.05, 0) is 86.7 Å². The molecule has 5 nitrogen and oxygen atoms in total. The van der Waals surface area contributed by atoms with E-state index in [0.717, 1.165) is 62.5 Å². The SMILES string of the molecule is COc1cccc(C23CCN(CC4CC4)CC2(OC)CCC(N(CC(C)C)C(=O)c2ccccc2)C3)c1. The zero-order valence-corrected chi connectivity index (χ0v) is 23.1. The molecule has 0 N–H and O–H groups in total. The van der Waals surface area contributed by atoms with Crippen molar-refractivity contribution in [3.8, 4) is 5.75 Å². The van der Waals surface area contributed by atoms with Gasteiger partial charge in [-0.25, -0.2) is 0 Å². The Labute approximate surface area is 223 Å². The minimum Gasteiger partial charge on any atom is -0.497 e. The zero-order valence-electron chi connectivity index (χ0n) is 23.1. The van der Waals surface area contributed by atoms with Crippen LogP contribution >= 0.6 is 0 Å². The van der Waals surface area contributed by atoms with E-state index < -0.39 is 0 Å². The summed E-state index contributed by atoms with van der Waals surface area (Å²) in [4.78, 5) is 18.7. The summed E-state index contributed by atoms with van der Waals surface area (Å²) in [7, 11) is 3.65. The molecule has 5 rings (SSSR count). The van der Waals surface area contributed by atoms with Crippen LogP contribution in [0.5, 0.6) is 5.75 Å². The van der Waals surface area contributed by atoms with E-state index in [1.807, 2.05) is 43.5 Å². The van der Waals surface area contributed by atoms with Crippen LogP contribution in [0.4, 0.5) is 0 Å². The summed E-state index contributed by atoms with van der Waals surface area (Å²) in [5, 5.41) is 0. The molecule has 3 unspecified atom stereocenters. The lowest BCUT2D eigenvalue weighted by atomic mass is 9.54. The lowest BCUT2D eigenvalue weighted by molar-refractivity contribution is -0.155. The first-order valence-corrected chi connectivity index (χ1v) is 14.2. The maximum absolute atomic E-state index is 13.9. The van der Waals surface area contributed by atoms with E-state index in [4.69, 9.17) is 9.47 Å². The lowest BCUT2D eigenvalue weighted by Crippen LogP contribution is -2.68. The van der Waals surface area contributed by atoms with Crippen LogP contribution < -0.4 is 4.74 Å². The van der Waals surface area contributed by atoms with Gasteiger partial charge >= 0.3 is 0 Å². The van der Waals surface area contributed by atoms with Crippen LogP contribution in [0, 0.1) is 11.8 Å². The second kappa shape index (κ2) is 10.8. The van der Waals surface area contributed by atoms with Gasteiger partial charge in [-0.15, -0.1) is 0 Å². The largest absolute Gasteiger partial charge is 0.497 e. The third-order valence-electron chi connectivity index (χ3n) is 9.18. The van der Waals surface area contributed by atoms with Crippen LogP contribution in [0.3, 0.4) is 0 Å². The molecule has 3 fully saturated rings. The van der Waals surface area contributed by atoms with Crippen LogP contribution in [0.25, 0.3) is 0 Å². The van der Waals surface area contributed by atoms with Crippen LogP contribution in [0.15, 0.2) is 54.6 Å². The van der Waals surface area contributed by atoms with Crippen molar-refractivity contribution in [2.24, 2.45) is 11.8 Å². The normalized spacial score (nSPS) is 28.1. The fourth-order valence-corrected chi connectivity index (χ4v) is 7.11. The summed E-state index contributed by atoms with van der Waals surface area (Å²) in [5.41, 5.74) is 1.62. The molecule has 1 saturated heterocycles. The first-order valence-electron chi connectivity index (χ1n) is 14.2. The number of methoxy groups -OCH3 is 2. The standard InChI is InChI=1S/C32H44N2O3/c1-24(2)21-34(30(35)26-9-6-5-7-10-26)28-15-16-32(37-4)23-33(22-25-13-14-25)18-17-31(32,20-28)27-11-8-12-29(19-27)36-3/h5-12,19,24-25,28H,13-18,20-23H2,1-4H3. The van der Waals surface area contributed by atoms with E-state index in [2.05, 4.69) is 41.8 Å². The number of nitrogens with zero attached hydrogens (tertiary/aromatic N) is 2. The van der Waals surface area contributed by atoms with E-state index in [1.165, 1.54) is 24.9 Å². The molecule has 1 amide bonds. The Hall–Kier alpha value is -2.37. The third kappa shape index (κ3) is 5.18. The molecular formula is C32H44N2O3. The first kappa shape index (κ1) is 26.2. The van der Waals surface area contributed by atoms with E-state index in [1.54, 1.807) is 7.11 Å². The molecule has 200 valence electrons. The molecule has 2 saturated carbocycles. The second-order valence-electron chi connectivity index (χ2n) is 12.1. The number of carbonyl (C=O) groups excluding carboxylic acids is 1. The molecule has 2 aromatic rings. The highest BCUT2D eigenvalue weighted by Gasteiger charge is 2.60. The monoisotopic (exact) mass is 504 g/mol. The summed E-state index contributed by atoms with van der Waals surface area (Å²) in [5.74, 6) is 2.30. The molecule has 1 aliphatic heterocycles. The number of amides is 1. The molecule has 0 aromatic heterocycles. The van der Waals surface area contributed by atoms with Gasteiger partial charge < -0.3 is 19.3 Å². The first-order chi connectivity index (χ1) is 17.9. The number of hydrogen-bond donors (Lipinski definition) is 0. The highest BCUT2D eigenvalue weighted by atomic mass is 16.5. The van der Waals surface area contributed by atoms with Crippen molar-refractivity contribution in [3.63, 3.8) is 0 Å². The van der Waals surface area contributed by atoms with Crippen LogP contribution in [0.1, 0.15) is 68.3 Å². The number of benzene rings is 2. The fraction of sp³-hybridized carbons (Fsp3) is 0.594. The number of hydrogen-bond acceptors (Lipinski definition) is 4. The number of ether oxygens (including phenoxy) is 2. The number of carbonyl (C=O) groups is 1. The van der Waals surface area contributed by atoms with E-state index in [-0.39, 0.29) is 23.0 Å². The Balaban J connectivity index is 1.53. The van der Waals surface area contributed by atoms with Crippen molar-refractivity contribution < 1.29 is 14.3 Å². The van der Waals surface area contributed by atoms with Gasteiger partial charge in [0.25, 0.3) is 5.91 Å². The quantitative estimate of drug-likeness (QED) is 0.434. The Morgan fingerprint density at radius 2 is 1.84 bits per heavy atom. The average Bonchev–Trinajstić information content (AvgIpc) is 3.75. The summed E-state index contributed by atoms with van der Waals surface area (Å²) in [6, 6.07) is 18.6. The Bertz CT molecular complexity index is 1070. The highest BCUT2D eigenvalue weighted by Crippen LogP contribution is 2.55. The maximum Gasteiger partial charge on any atom is 0.254 e. The summed E-state index contributed by atoms with van der Waals surface area (Å²) in [6.45, 7) is 8.40. The van der Waals surface area contributed by atoms with Gasteiger partial charge in [0.1, 0.15) is 5.75 Å². The van der Waals surface area contributed by atoms with Crippen molar-refractivity contribution >= 4 is 5.91 Å². The predicted molar refractivity (Wildman–Crippen MR) is 148 cm³/mol. The summed E-state index contributed by atoms with van der Waals surface area (Å²) in [6.07, 6.45) is 6.59. The Kier molecular flexibility index (Phi) is 7.65. The van der Waals surface area contributed by atoms with Gasteiger partial charge in [0.05, 0.1) is 12.7 Å². The number of piperidine rings is 1. The lowest BCUT2D eigenvalue weighted by Gasteiger charge is -2.61. The van der Waals surface area contributed by atoms with Crippen molar-refractivity contribution in [1.82, 2.24) is 9.80 Å². The van der Waals surface area contributed by atoms with E-state index in [9.17, 15) is 4.79 Å². The van der Waals surface area contributed by atoms with E-state index >= 15 is 0 Å². The van der Waals surface area contributed by atoms with Crippen molar-refractivity contribution in [2.45, 2.75) is 69.4 Å². The van der Waals surface area contributed by atoms with Crippen molar-refractivity contribution in [3.05, 3.63) is 65.7 Å². The Morgan fingerprint density at radius 3 is 2.51 bits per heavy atom. The number of likely N-dealkylation sites (tertiary alicyclic amines) is 1. The maximum atomic E-state index is 13.9. The van der Waals surface area contributed by atoms with Crippen LogP contribution in [-0.2, 0) is 10.2 Å². The van der Waals surface area contributed by atoms with Crippen molar-refractivity contribution in [2.75, 3.05) is 40.4 Å². The molecule has 3 atom stereocenters. The van der Waals surface area contributed by atoms with Gasteiger partial charge in [0.2, 0.25) is 0 Å². The highest BCUT2D eigenvalue weighted by molar-refractivity contribution is 5.94. The zero-order chi connectivity index (χ0) is 26.0. The molecule has 0 bridgehead atoms. The van der Waals surface area contributed by atoms with Gasteiger partial charge in [-0.2, -0.15) is 0 Å². The summed E-state index contributed by atoms with van der Waals surface area (Å²) < 4.78 is 12.3. The third-order valence-corrected chi connectivity index (χ3v) is 9.18. The molecule has 0 radical (unpaired) electrons. The molecule has 2 aliphatic carbocycles. The predicted octanol–water partition coefficient (Wildman–Crippen LogP) is 5.78. The van der Waals surface area contributed by atoms with Gasteiger partial charge in [-0.1, -0.05) is 44.2 Å². The van der Waals surface area contributed by atoms with Crippen LogP contribution in [-0.4, -0.2) is 67.7 Å². The molecule has 3 aliphatic rings. The molecular weight excluding hydrogens is 460 g/mol. The fourth-order valence-electron chi connectivity index (χ4n) is 7.11. The minimum atomic E-state index is -0.275. The van der Waals surface area contributed by atoms with E-state index in [0.29, 0.717) is 5.92 Å². The van der Waals surface area contributed by atoms with Crippen LogP contribution in [0.2, 0.25) is 0 Å². The molecule has 5 heteroatoms. The molecule has 37 heavy (non-hydrogen) atoms. The molecule has 2 aromatic carbocycles.